The first-order valence-electron chi connectivity index (χ1n) is 8.66. The third-order valence-corrected chi connectivity index (χ3v) is 4.58. The minimum Gasteiger partial charge on any atom is -0.465 e. The lowest BCUT2D eigenvalue weighted by Gasteiger charge is -2.35. The Morgan fingerprint density at radius 1 is 1.15 bits per heavy atom. The van der Waals surface area contributed by atoms with E-state index in [0.29, 0.717) is 17.7 Å². The maximum Gasteiger partial charge on any atom is 0.341 e. The largest absolute Gasteiger partial charge is 0.465 e. The molecule has 0 N–H and O–H groups in total. The molecule has 3 rings (SSSR count). The van der Waals surface area contributed by atoms with Gasteiger partial charge in [0.2, 0.25) is 0 Å². The van der Waals surface area contributed by atoms with Gasteiger partial charge in [0.25, 0.3) is 0 Å². The molecule has 138 valence electrons. The number of carbonyl (C=O) groups excluding carboxylic acids is 2. The highest BCUT2D eigenvalue weighted by molar-refractivity contribution is 6.07. The normalized spacial score (nSPS) is 15.1. The van der Waals surface area contributed by atoms with Crippen molar-refractivity contribution in [3.63, 3.8) is 0 Å². The van der Waals surface area contributed by atoms with Crippen molar-refractivity contribution in [2.24, 2.45) is 0 Å². The van der Waals surface area contributed by atoms with Crippen LogP contribution >= 0.6 is 0 Å². The van der Waals surface area contributed by atoms with Gasteiger partial charge in [0, 0.05) is 37.8 Å². The fourth-order valence-corrected chi connectivity index (χ4v) is 3.15. The summed E-state index contributed by atoms with van der Waals surface area (Å²) in [6, 6.07) is 5.19. The molecule has 0 saturated carbocycles. The van der Waals surface area contributed by atoms with Crippen LogP contribution in [0.5, 0.6) is 0 Å². The van der Waals surface area contributed by atoms with Gasteiger partial charge in [0.1, 0.15) is 5.56 Å². The number of carbonyl (C=O) groups is 2. The number of benzene rings is 1. The Labute approximate surface area is 152 Å². The molecule has 7 nitrogen and oxygen atoms in total. The number of esters is 2. The lowest BCUT2D eigenvalue weighted by Crippen LogP contribution is -2.45. The van der Waals surface area contributed by atoms with Crippen molar-refractivity contribution >= 4 is 28.5 Å². The van der Waals surface area contributed by atoms with E-state index in [2.05, 4.69) is 21.8 Å². The second-order valence-electron chi connectivity index (χ2n) is 6.25. The van der Waals surface area contributed by atoms with Crippen LogP contribution in [-0.2, 0) is 9.47 Å². The van der Waals surface area contributed by atoms with Crippen LogP contribution in [0.25, 0.3) is 10.9 Å². The van der Waals surface area contributed by atoms with Gasteiger partial charge in [0.05, 0.1) is 30.5 Å². The molecule has 2 aromatic rings. The average molecular weight is 357 g/mol. The summed E-state index contributed by atoms with van der Waals surface area (Å²) in [6.07, 6.45) is 1.56. The second-order valence-corrected chi connectivity index (χ2v) is 6.25. The number of hydrogen-bond acceptors (Lipinski definition) is 7. The number of rotatable bonds is 4. The average Bonchev–Trinajstić information content (AvgIpc) is 2.67. The Morgan fingerprint density at radius 2 is 1.88 bits per heavy atom. The minimum absolute atomic E-state index is 0.293. The summed E-state index contributed by atoms with van der Waals surface area (Å²) in [6.45, 7) is 5.42. The number of likely N-dealkylation sites (N-methyl/N-ethyl adjacent to an activating group) is 1. The first-order chi connectivity index (χ1) is 12.5. The zero-order valence-corrected chi connectivity index (χ0v) is 15.3. The van der Waals surface area contributed by atoms with Crippen LogP contribution in [-0.4, -0.2) is 68.8 Å². The number of anilines is 1. The summed E-state index contributed by atoms with van der Waals surface area (Å²) >= 11 is 0. The predicted octanol–water partition coefficient (Wildman–Crippen LogP) is 1.95. The lowest BCUT2D eigenvalue weighted by molar-refractivity contribution is 0.0525. The summed E-state index contributed by atoms with van der Waals surface area (Å²) in [5, 5.41) is 0.753. The van der Waals surface area contributed by atoms with Crippen molar-refractivity contribution in [1.29, 1.82) is 0 Å². The van der Waals surface area contributed by atoms with E-state index in [0.717, 1.165) is 42.8 Å². The molecule has 1 aromatic heterocycles. The van der Waals surface area contributed by atoms with Gasteiger partial charge in [-0.25, -0.2) is 9.59 Å². The molecule has 26 heavy (non-hydrogen) atoms. The standard InChI is InChI=1S/C19H23N3O4/c1-4-26-19(24)15-12-20-16-6-5-13(18(23)25-3)11-14(16)17(15)22-9-7-21(2)8-10-22/h5-6,11-12H,4,7-10H2,1-3H3. The molecule has 0 aliphatic carbocycles. The minimum atomic E-state index is -0.419. The van der Waals surface area contributed by atoms with E-state index in [9.17, 15) is 9.59 Å². The van der Waals surface area contributed by atoms with Crippen molar-refractivity contribution in [2.45, 2.75) is 6.92 Å². The zero-order valence-electron chi connectivity index (χ0n) is 15.3. The summed E-state index contributed by atoms with van der Waals surface area (Å²) in [5.74, 6) is -0.822. The number of nitrogens with zero attached hydrogens (tertiary/aromatic N) is 3. The third-order valence-electron chi connectivity index (χ3n) is 4.58. The third kappa shape index (κ3) is 3.48. The Hall–Kier alpha value is -2.67. The van der Waals surface area contributed by atoms with Crippen LogP contribution in [0.2, 0.25) is 0 Å². The van der Waals surface area contributed by atoms with E-state index in [1.54, 1.807) is 31.3 Å². The number of piperazine rings is 1. The molecule has 0 amide bonds. The first kappa shape index (κ1) is 18.1. The molecule has 1 saturated heterocycles. The summed E-state index contributed by atoms with van der Waals surface area (Å²) in [7, 11) is 3.42. The Kier molecular flexibility index (Phi) is 5.37. The SMILES string of the molecule is CCOC(=O)c1cnc2ccc(C(=O)OC)cc2c1N1CCN(C)CC1. The summed E-state index contributed by atoms with van der Waals surface area (Å²) in [4.78, 5) is 33.2. The van der Waals surface area contributed by atoms with Crippen LogP contribution in [0.1, 0.15) is 27.6 Å². The van der Waals surface area contributed by atoms with Gasteiger partial charge in [-0.2, -0.15) is 0 Å². The van der Waals surface area contributed by atoms with Crippen LogP contribution in [0.4, 0.5) is 5.69 Å². The fraction of sp³-hybridized carbons (Fsp3) is 0.421. The van der Waals surface area contributed by atoms with Crippen molar-refractivity contribution in [3.05, 3.63) is 35.5 Å². The molecule has 1 fully saturated rings. The molecule has 0 spiro atoms. The van der Waals surface area contributed by atoms with Crippen molar-refractivity contribution < 1.29 is 19.1 Å². The Morgan fingerprint density at radius 3 is 2.54 bits per heavy atom. The van der Waals surface area contributed by atoms with E-state index in [-0.39, 0.29) is 0 Å². The smallest absolute Gasteiger partial charge is 0.341 e. The number of methoxy groups -OCH3 is 1. The van der Waals surface area contributed by atoms with Gasteiger partial charge in [-0.05, 0) is 32.2 Å². The molecule has 2 heterocycles. The maximum atomic E-state index is 12.5. The van der Waals surface area contributed by atoms with E-state index < -0.39 is 11.9 Å². The highest BCUT2D eigenvalue weighted by Gasteiger charge is 2.24. The molecule has 1 aliphatic rings. The molecular weight excluding hydrogens is 334 g/mol. The monoisotopic (exact) mass is 357 g/mol. The molecular formula is C19H23N3O4. The van der Waals surface area contributed by atoms with Gasteiger partial charge in [-0.15, -0.1) is 0 Å². The van der Waals surface area contributed by atoms with Gasteiger partial charge in [-0.3, -0.25) is 4.98 Å². The van der Waals surface area contributed by atoms with Crippen molar-refractivity contribution in [3.8, 4) is 0 Å². The molecule has 1 aromatic carbocycles. The number of fused-ring (bicyclic) bond motifs is 1. The van der Waals surface area contributed by atoms with Crippen LogP contribution in [0, 0.1) is 0 Å². The van der Waals surface area contributed by atoms with E-state index >= 15 is 0 Å². The maximum absolute atomic E-state index is 12.5. The van der Waals surface area contributed by atoms with E-state index in [1.165, 1.54) is 7.11 Å². The Balaban J connectivity index is 2.17. The topological polar surface area (TPSA) is 72.0 Å². The summed E-state index contributed by atoms with van der Waals surface area (Å²) < 4.78 is 10.1. The highest BCUT2D eigenvalue weighted by Crippen LogP contribution is 2.32. The van der Waals surface area contributed by atoms with Crippen LogP contribution in [0.15, 0.2) is 24.4 Å². The van der Waals surface area contributed by atoms with E-state index in [1.807, 2.05) is 0 Å². The zero-order chi connectivity index (χ0) is 18.7. The molecule has 0 radical (unpaired) electrons. The van der Waals surface area contributed by atoms with Crippen LogP contribution < -0.4 is 4.90 Å². The van der Waals surface area contributed by atoms with Crippen LogP contribution in [0.3, 0.4) is 0 Å². The lowest BCUT2D eigenvalue weighted by atomic mass is 10.0. The molecule has 0 atom stereocenters. The quantitative estimate of drug-likeness (QED) is 0.775. The molecule has 7 heteroatoms. The molecule has 0 unspecified atom stereocenters. The van der Waals surface area contributed by atoms with Gasteiger partial charge >= 0.3 is 11.9 Å². The van der Waals surface area contributed by atoms with Crippen molar-refractivity contribution in [2.75, 3.05) is 51.8 Å². The number of aromatic nitrogens is 1. The summed E-state index contributed by atoms with van der Waals surface area (Å²) in [5.41, 5.74) is 2.34. The Bertz CT molecular complexity index is 829. The number of hydrogen-bond donors (Lipinski definition) is 0. The number of pyridine rings is 1. The molecule has 1 aliphatic heterocycles. The fourth-order valence-electron chi connectivity index (χ4n) is 3.15. The van der Waals surface area contributed by atoms with Crippen molar-refractivity contribution in [1.82, 2.24) is 9.88 Å². The van der Waals surface area contributed by atoms with Gasteiger partial charge in [-0.1, -0.05) is 0 Å². The van der Waals surface area contributed by atoms with Gasteiger partial charge < -0.3 is 19.3 Å². The molecule has 0 bridgehead atoms. The predicted molar refractivity (Wildman–Crippen MR) is 98.7 cm³/mol. The first-order valence-corrected chi connectivity index (χ1v) is 8.66. The highest BCUT2D eigenvalue weighted by atomic mass is 16.5. The number of ether oxygens (including phenoxy) is 2. The van der Waals surface area contributed by atoms with Gasteiger partial charge in [0.15, 0.2) is 0 Å². The second kappa shape index (κ2) is 7.70. The van der Waals surface area contributed by atoms with E-state index in [4.69, 9.17) is 9.47 Å².